The Morgan fingerprint density at radius 2 is 1.08 bits per heavy atom. The fourth-order valence-corrected chi connectivity index (χ4v) is 11.7. The highest BCUT2D eigenvalue weighted by Gasteiger charge is 2.52. The smallest absolute Gasteiger partial charge is 0.407 e. The highest BCUT2D eigenvalue weighted by molar-refractivity contribution is 5.86. The molecule has 3 aliphatic heterocycles. The third-order valence-electron chi connectivity index (χ3n) is 16.2. The molecular weight excluding hydrogens is 1090 g/mol. The average Bonchev–Trinajstić information content (AvgIpc) is 2.62. The van der Waals surface area contributed by atoms with Gasteiger partial charge in [0.05, 0.1) is 108 Å². The van der Waals surface area contributed by atoms with Crippen molar-refractivity contribution in [3.63, 3.8) is 0 Å². The molecule has 0 spiro atoms. The summed E-state index contributed by atoms with van der Waals surface area (Å²) in [4.78, 5) is 75.3. The van der Waals surface area contributed by atoms with Crippen LogP contribution in [0.2, 0.25) is 0 Å². The molecule has 0 bridgehead atoms. The molecular formula is C64H89N9O12. The van der Waals surface area contributed by atoms with Crippen LogP contribution in [0.1, 0.15) is 127 Å². The highest BCUT2D eigenvalue weighted by Crippen LogP contribution is 2.51. The normalized spacial score (nSPS) is 20.6. The van der Waals surface area contributed by atoms with E-state index in [0.29, 0.717) is 70.8 Å². The van der Waals surface area contributed by atoms with Gasteiger partial charge in [0.2, 0.25) is 5.91 Å². The summed E-state index contributed by atoms with van der Waals surface area (Å²) >= 11 is 0. The second-order valence-corrected chi connectivity index (χ2v) is 23.6. The van der Waals surface area contributed by atoms with Gasteiger partial charge in [-0.2, -0.15) is 0 Å². The number of hydrogen-bond donors (Lipinski definition) is 4. The van der Waals surface area contributed by atoms with Crippen LogP contribution in [-0.4, -0.2) is 172 Å². The lowest BCUT2D eigenvalue weighted by atomic mass is 9.87. The number of carbonyl (C=O) groups is 4. The zero-order chi connectivity index (χ0) is 60.8. The molecule has 3 aromatic carbocycles. The molecule has 3 saturated heterocycles. The number of carbonyl (C=O) groups excluding carboxylic acids is 4. The van der Waals surface area contributed by atoms with E-state index in [1.54, 1.807) is 19.1 Å². The van der Waals surface area contributed by atoms with Crippen molar-refractivity contribution in [3.05, 3.63) is 114 Å². The first kappa shape index (κ1) is 64.1. The molecule has 5 aromatic rings. The number of imidazole rings is 2. The largest absolute Gasteiger partial charge is 0.453 e. The minimum Gasteiger partial charge on any atom is -0.453 e. The van der Waals surface area contributed by atoms with Crippen LogP contribution in [0.15, 0.2) is 85.2 Å². The van der Waals surface area contributed by atoms with Crippen LogP contribution in [0.3, 0.4) is 0 Å². The number of likely N-dealkylation sites (tertiary alicyclic amines) is 2. The van der Waals surface area contributed by atoms with Gasteiger partial charge in [0, 0.05) is 40.0 Å². The number of nitrogens with one attached hydrogen (secondary N) is 4. The maximum Gasteiger partial charge on any atom is 0.407 e. The van der Waals surface area contributed by atoms with Gasteiger partial charge in [-0.15, -0.1) is 0 Å². The second-order valence-electron chi connectivity index (χ2n) is 23.6. The summed E-state index contributed by atoms with van der Waals surface area (Å²) in [6.07, 6.45) is 3.37. The summed E-state index contributed by atoms with van der Waals surface area (Å²) in [5, 5.41) is 5.21. The number of alkyl carbamates (subject to hydrolysis) is 2. The number of amides is 4. The van der Waals surface area contributed by atoms with E-state index < -0.39 is 36.5 Å². The first-order valence-corrected chi connectivity index (χ1v) is 29.9. The van der Waals surface area contributed by atoms with Gasteiger partial charge >= 0.3 is 12.2 Å². The Bertz CT molecular complexity index is 2760. The van der Waals surface area contributed by atoms with Crippen LogP contribution in [0.25, 0.3) is 22.5 Å². The third kappa shape index (κ3) is 15.6. The standard InChI is InChI=1S/C64H89N9O12/c1-40(2)52(70-63(77)80-11)60(74)71-28-12-14-50(71)58-66-38-48(68-58)42-16-20-44(21-17-42)53-56(83-36-34-81-32-30-78-9)57(84-37-35-82-33-31-79-10)54(73(53)47-26-24-46(25-27-47)64(5,6)7)45-22-18-43(19-23-45)49-39-67-59(69-49)51-15-13-29-72(51)61(75)55(41(3)4)85-62(76)65-8/h16-27,38-41,50-57H,12-15,28-37H2,1-11H3,(H,65,76)(H,66,68)(H,67,69)(H,70,77)/t50-,51-,52-,53-,54-,55-,56+,57+/m0/s1. The fourth-order valence-electron chi connectivity index (χ4n) is 11.7. The minimum atomic E-state index is -0.933. The first-order chi connectivity index (χ1) is 41.0. The van der Waals surface area contributed by atoms with Gasteiger partial charge < -0.3 is 73.2 Å². The molecule has 0 saturated carbocycles. The molecule has 462 valence electrons. The number of methoxy groups -OCH3 is 3. The number of nitrogens with zero attached hydrogens (tertiary/aromatic N) is 5. The zero-order valence-corrected chi connectivity index (χ0v) is 51.4. The van der Waals surface area contributed by atoms with Gasteiger partial charge in [0.25, 0.3) is 5.91 Å². The average molecular weight is 1180 g/mol. The molecule has 3 fully saturated rings. The number of benzene rings is 3. The van der Waals surface area contributed by atoms with Gasteiger partial charge in [-0.05, 0) is 82.9 Å². The van der Waals surface area contributed by atoms with E-state index in [-0.39, 0.29) is 66.4 Å². The zero-order valence-electron chi connectivity index (χ0n) is 51.4. The summed E-state index contributed by atoms with van der Waals surface area (Å²) in [6, 6.07) is 23.6. The Morgan fingerprint density at radius 1 is 0.612 bits per heavy atom. The summed E-state index contributed by atoms with van der Waals surface area (Å²) in [6.45, 7) is 18.3. The van der Waals surface area contributed by atoms with Gasteiger partial charge in [-0.3, -0.25) is 9.59 Å². The van der Waals surface area contributed by atoms with Crippen molar-refractivity contribution in [3.8, 4) is 22.5 Å². The molecule has 0 aliphatic carbocycles. The summed E-state index contributed by atoms with van der Waals surface area (Å²) in [7, 11) is 6.07. The van der Waals surface area contributed by atoms with Crippen molar-refractivity contribution in [2.75, 3.05) is 99.2 Å². The Labute approximate surface area is 500 Å². The Morgan fingerprint density at radius 3 is 1.51 bits per heavy atom. The van der Waals surface area contributed by atoms with E-state index in [9.17, 15) is 19.2 Å². The van der Waals surface area contributed by atoms with E-state index in [4.69, 9.17) is 47.9 Å². The van der Waals surface area contributed by atoms with Crippen LogP contribution in [0, 0.1) is 11.8 Å². The van der Waals surface area contributed by atoms with Crippen molar-refractivity contribution < 1.29 is 57.1 Å². The molecule has 21 heteroatoms. The monoisotopic (exact) mass is 1180 g/mol. The topological polar surface area (TPSA) is 233 Å². The van der Waals surface area contributed by atoms with E-state index in [2.05, 4.69) is 119 Å². The first-order valence-electron chi connectivity index (χ1n) is 29.9. The van der Waals surface area contributed by atoms with Crippen LogP contribution < -0.4 is 15.5 Å². The second kappa shape index (κ2) is 30.0. The quantitative estimate of drug-likeness (QED) is 0.0359. The fraction of sp³-hybridized carbons (Fsp3) is 0.562. The van der Waals surface area contributed by atoms with Gasteiger partial charge in [-0.1, -0.05) is 109 Å². The lowest BCUT2D eigenvalue weighted by molar-refractivity contribution is -0.143. The number of aromatic nitrogens is 4. The Kier molecular flexibility index (Phi) is 22.6. The maximum atomic E-state index is 14.0. The molecule has 8 rings (SSSR count). The predicted molar refractivity (Wildman–Crippen MR) is 322 cm³/mol. The number of rotatable bonds is 27. The van der Waals surface area contributed by atoms with Crippen LogP contribution in [0.4, 0.5) is 15.3 Å². The van der Waals surface area contributed by atoms with E-state index in [1.165, 1.54) is 19.7 Å². The molecule has 3 aliphatic rings. The number of ether oxygens (including phenoxy) is 8. The van der Waals surface area contributed by atoms with Gasteiger partial charge in [0.15, 0.2) is 6.10 Å². The summed E-state index contributed by atoms with van der Waals surface area (Å²) in [5.41, 5.74) is 7.48. The predicted octanol–water partition coefficient (Wildman–Crippen LogP) is 9.25. The van der Waals surface area contributed by atoms with Crippen molar-refractivity contribution in [1.29, 1.82) is 0 Å². The molecule has 4 amide bonds. The molecule has 2 aromatic heterocycles. The molecule has 0 radical (unpaired) electrons. The lowest BCUT2D eigenvalue weighted by Crippen LogP contribution is -2.51. The van der Waals surface area contributed by atoms with Crippen molar-refractivity contribution >= 4 is 29.7 Å². The van der Waals surface area contributed by atoms with E-state index in [1.807, 2.05) is 45.0 Å². The lowest BCUT2D eigenvalue weighted by Gasteiger charge is -2.35. The highest BCUT2D eigenvalue weighted by atomic mass is 16.6. The van der Waals surface area contributed by atoms with Crippen molar-refractivity contribution in [1.82, 2.24) is 40.4 Å². The van der Waals surface area contributed by atoms with Gasteiger partial charge in [-0.25, -0.2) is 19.6 Å². The molecule has 21 nitrogen and oxygen atoms in total. The molecule has 5 heterocycles. The summed E-state index contributed by atoms with van der Waals surface area (Å²) < 4.78 is 47.1. The van der Waals surface area contributed by atoms with Crippen LogP contribution >= 0.6 is 0 Å². The minimum absolute atomic E-state index is 0.0942. The van der Waals surface area contributed by atoms with Crippen molar-refractivity contribution in [2.45, 2.75) is 128 Å². The number of H-pyrrole nitrogens is 2. The van der Waals surface area contributed by atoms with Gasteiger partial charge in [0.1, 0.15) is 29.9 Å². The van der Waals surface area contributed by atoms with Crippen LogP contribution in [0.5, 0.6) is 0 Å². The Balaban J connectivity index is 1.15. The Hall–Kier alpha value is -6.88. The molecule has 8 atom stereocenters. The number of aromatic amines is 2. The molecule has 4 N–H and O–H groups in total. The van der Waals surface area contributed by atoms with E-state index >= 15 is 0 Å². The third-order valence-corrected chi connectivity index (χ3v) is 16.2. The van der Waals surface area contributed by atoms with Crippen molar-refractivity contribution in [2.24, 2.45) is 11.8 Å². The SMILES string of the molecule is CNC(=O)O[C@H](C(=O)N1CCC[C@H]1c1ncc(-c2ccc([C@H]3[C@@H](OCCOCCOC)[C@H](OCCOCCOC)[C@H](c4ccc(-c5cnc([C@@H]6CCCN6C(=O)[C@@H](NC(=O)OC)C(C)C)[nH]5)cc4)N3c3ccc(C(C)(C)C)cc3)cc2)[nH]1)C(C)C. The number of hydrogen-bond acceptors (Lipinski definition) is 15. The summed E-state index contributed by atoms with van der Waals surface area (Å²) in [5.74, 6) is 0.549. The number of anilines is 1. The molecule has 0 unspecified atom stereocenters. The molecule has 85 heavy (non-hydrogen) atoms. The van der Waals surface area contributed by atoms with Crippen LogP contribution in [-0.2, 0) is 52.9 Å². The maximum absolute atomic E-state index is 14.0. The van der Waals surface area contributed by atoms with E-state index in [0.717, 1.165) is 58.6 Å².